The predicted octanol–water partition coefficient (Wildman–Crippen LogP) is -4.07. The zero-order valence-electron chi connectivity index (χ0n) is 6.80. The smallest absolute Gasteiger partial charge is 0.329 e. The van der Waals surface area contributed by atoms with Crippen LogP contribution in [0.2, 0.25) is 0 Å². The number of carbonyl (C=O) groups is 3. The Morgan fingerprint density at radius 1 is 1.14 bits per heavy atom. The first-order chi connectivity index (χ1) is 6.43. The highest BCUT2D eigenvalue weighted by Crippen LogP contribution is 1.93. The van der Waals surface area contributed by atoms with E-state index in [2.05, 4.69) is 9.47 Å². The first-order valence-electron chi connectivity index (χ1n) is 3.29. The van der Waals surface area contributed by atoms with Crippen LogP contribution >= 0.6 is 0 Å². The van der Waals surface area contributed by atoms with Gasteiger partial charge in [0.1, 0.15) is 6.61 Å². The van der Waals surface area contributed by atoms with Crippen molar-refractivity contribution in [3.05, 3.63) is 0 Å². The highest BCUT2D eigenvalue weighted by atomic mass is 16.7. The van der Waals surface area contributed by atoms with E-state index in [1.54, 1.807) is 0 Å². The molecule has 0 aromatic rings. The largest absolute Gasteiger partial charge is 0.548 e. The molecule has 0 heterocycles. The number of carboxylic acids is 3. The Bertz CT molecular complexity index is 216. The lowest BCUT2D eigenvalue weighted by atomic mass is 10.6. The van der Waals surface area contributed by atoms with Crippen LogP contribution in [0.25, 0.3) is 0 Å². The van der Waals surface area contributed by atoms with Crippen molar-refractivity contribution >= 4 is 17.9 Å². The molecule has 14 heavy (non-hydrogen) atoms. The highest BCUT2D eigenvalue weighted by Gasteiger charge is 2.12. The molecule has 0 aliphatic heterocycles. The van der Waals surface area contributed by atoms with Gasteiger partial charge in [0.05, 0.1) is 18.5 Å². The molecular formula is C6H6O8-2. The molecule has 0 saturated heterocycles. The molecule has 0 fully saturated rings. The number of ether oxygens (including phenoxy) is 2. The quantitative estimate of drug-likeness (QED) is 0.415. The summed E-state index contributed by atoms with van der Waals surface area (Å²) in [5, 5.41) is 28.1. The van der Waals surface area contributed by atoms with Gasteiger partial charge in [0.15, 0.2) is 6.29 Å². The molecular weight excluding hydrogens is 200 g/mol. The Balaban J connectivity index is 3.96. The number of hydrogen-bond acceptors (Lipinski definition) is 7. The van der Waals surface area contributed by atoms with Crippen LogP contribution in [0.4, 0.5) is 0 Å². The summed E-state index contributed by atoms with van der Waals surface area (Å²) in [4.78, 5) is 29.9. The van der Waals surface area contributed by atoms with Crippen LogP contribution in [0.3, 0.4) is 0 Å². The Morgan fingerprint density at radius 3 is 2.00 bits per heavy atom. The van der Waals surface area contributed by atoms with E-state index in [1.165, 1.54) is 0 Å². The molecule has 0 aliphatic rings. The molecule has 0 amide bonds. The van der Waals surface area contributed by atoms with Gasteiger partial charge in [0.25, 0.3) is 0 Å². The van der Waals surface area contributed by atoms with Gasteiger partial charge in [-0.15, -0.1) is 0 Å². The van der Waals surface area contributed by atoms with Crippen molar-refractivity contribution in [1.29, 1.82) is 0 Å². The second-order valence-corrected chi connectivity index (χ2v) is 2.04. The van der Waals surface area contributed by atoms with Gasteiger partial charge in [0, 0.05) is 0 Å². The number of rotatable bonds is 7. The molecule has 1 unspecified atom stereocenters. The molecule has 8 nitrogen and oxygen atoms in total. The van der Waals surface area contributed by atoms with Gasteiger partial charge in [-0.25, -0.2) is 4.79 Å². The van der Waals surface area contributed by atoms with E-state index in [9.17, 15) is 24.6 Å². The van der Waals surface area contributed by atoms with E-state index in [0.717, 1.165) is 0 Å². The topological polar surface area (TPSA) is 136 Å². The number of aliphatic carboxylic acids is 3. The van der Waals surface area contributed by atoms with E-state index >= 15 is 0 Å². The lowest BCUT2D eigenvalue weighted by Crippen LogP contribution is -2.42. The van der Waals surface area contributed by atoms with Crippen molar-refractivity contribution in [2.75, 3.05) is 13.2 Å². The predicted molar refractivity (Wildman–Crippen MR) is 33.3 cm³/mol. The average molecular weight is 206 g/mol. The maximum absolute atomic E-state index is 10.2. The van der Waals surface area contributed by atoms with Crippen molar-refractivity contribution in [3.8, 4) is 0 Å². The summed E-state index contributed by atoms with van der Waals surface area (Å²) in [7, 11) is 0. The zero-order chi connectivity index (χ0) is 11.1. The minimum Gasteiger partial charge on any atom is -0.548 e. The Labute approximate surface area is 77.7 Å². The van der Waals surface area contributed by atoms with Gasteiger partial charge in [-0.05, 0) is 0 Å². The van der Waals surface area contributed by atoms with Gasteiger partial charge in [-0.1, -0.05) is 0 Å². The third kappa shape index (κ3) is 5.91. The van der Waals surface area contributed by atoms with E-state index in [0.29, 0.717) is 0 Å². The summed E-state index contributed by atoms with van der Waals surface area (Å²) >= 11 is 0. The molecule has 0 radical (unpaired) electrons. The monoisotopic (exact) mass is 206 g/mol. The van der Waals surface area contributed by atoms with Crippen molar-refractivity contribution in [1.82, 2.24) is 0 Å². The average Bonchev–Trinajstić information content (AvgIpc) is 2.02. The minimum absolute atomic E-state index is 0.939. The standard InChI is InChI=1S/C6H8O8/c7-3(8)1-13-6(5(11)12)14-2-4(9)10/h6H,1-2H2,(H,7,8)(H,9,10)(H,11,12)/p-2. The molecule has 0 aromatic carbocycles. The number of hydrogen-bond donors (Lipinski definition) is 1. The molecule has 0 saturated carbocycles. The molecule has 0 aliphatic carbocycles. The number of carbonyl (C=O) groups excluding carboxylic acids is 2. The molecule has 1 N–H and O–H groups in total. The SMILES string of the molecule is O=C([O-])COC(OCC(=O)O)C(=O)[O-]. The second kappa shape index (κ2) is 5.89. The summed E-state index contributed by atoms with van der Waals surface area (Å²) in [6, 6.07) is 0. The van der Waals surface area contributed by atoms with Gasteiger partial charge in [0.2, 0.25) is 0 Å². The lowest BCUT2D eigenvalue weighted by molar-refractivity contribution is -0.339. The van der Waals surface area contributed by atoms with Crippen LogP contribution in [-0.2, 0) is 23.9 Å². The van der Waals surface area contributed by atoms with Crippen LogP contribution in [0.5, 0.6) is 0 Å². The van der Waals surface area contributed by atoms with E-state index in [1.807, 2.05) is 0 Å². The van der Waals surface area contributed by atoms with Crippen LogP contribution in [-0.4, -0.2) is 42.5 Å². The zero-order valence-corrected chi connectivity index (χ0v) is 6.80. The molecule has 0 spiro atoms. The van der Waals surface area contributed by atoms with E-state index in [4.69, 9.17) is 5.11 Å². The maximum Gasteiger partial charge on any atom is 0.329 e. The first-order valence-corrected chi connectivity index (χ1v) is 3.29. The van der Waals surface area contributed by atoms with Crippen LogP contribution in [0, 0.1) is 0 Å². The molecule has 0 bridgehead atoms. The molecule has 0 aromatic heterocycles. The van der Waals surface area contributed by atoms with Gasteiger partial charge in [-0.2, -0.15) is 0 Å². The Morgan fingerprint density at radius 2 is 1.64 bits per heavy atom. The summed E-state index contributed by atoms with van der Waals surface area (Å²) in [6.45, 7) is -1.97. The third-order valence-corrected chi connectivity index (χ3v) is 0.903. The second-order valence-electron chi connectivity index (χ2n) is 2.04. The molecule has 80 valence electrons. The van der Waals surface area contributed by atoms with Crippen molar-refractivity contribution in [2.24, 2.45) is 0 Å². The lowest BCUT2D eigenvalue weighted by Gasteiger charge is -2.18. The van der Waals surface area contributed by atoms with Crippen molar-refractivity contribution in [3.63, 3.8) is 0 Å². The molecule has 8 heteroatoms. The first kappa shape index (κ1) is 12.3. The Hall–Kier alpha value is -1.67. The summed E-state index contributed by atoms with van der Waals surface area (Å²) in [5.74, 6) is -4.95. The molecule has 0 rings (SSSR count). The maximum atomic E-state index is 10.2. The fraction of sp³-hybridized carbons (Fsp3) is 0.500. The summed E-state index contributed by atoms with van der Waals surface area (Å²) in [5.41, 5.74) is 0. The Kier molecular flexibility index (Phi) is 5.19. The number of carboxylic acid groups (broad SMARTS) is 3. The van der Waals surface area contributed by atoms with Crippen LogP contribution in [0.1, 0.15) is 0 Å². The fourth-order valence-electron chi connectivity index (χ4n) is 0.475. The van der Waals surface area contributed by atoms with Crippen molar-refractivity contribution < 1.29 is 39.2 Å². The van der Waals surface area contributed by atoms with Gasteiger partial charge in [-0.3, -0.25) is 0 Å². The van der Waals surface area contributed by atoms with Crippen molar-refractivity contribution in [2.45, 2.75) is 6.29 Å². The summed E-state index contributed by atoms with van der Waals surface area (Å²) < 4.78 is 8.25. The van der Waals surface area contributed by atoms with Gasteiger partial charge < -0.3 is 34.4 Å². The van der Waals surface area contributed by atoms with Crippen LogP contribution < -0.4 is 10.2 Å². The fourth-order valence-corrected chi connectivity index (χ4v) is 0.475. The van der Waals surface area contributed by atoms with Gasteiger partial charge >= 0.3 is 5.97 Å². The normalized spacial score (nSPS) is 12.0. The van der Waals surface area contributed by atoms with E-state index < -0.39 is 37.4 Å². The minimum atomic E-state index is -2.04. The highest BCUT2D eigenvalue weighted by molar-refractivity contribution is 5.71. The van der Waals surface area contributed by atoms with E-state index in [-0.39, 0.29) is 0 Å². The van der Waals surface area contributed by atoms with Crippen LogP contribution in [0.15, 0.2) is 0 Å². The summed E-state index contributed by atoms with van der Waals surface area (Å²) in [6.07, 6.45) is -2.04. The molecule has 1 atom stereocenters. The third-order valence-electron chi connectivity index (χ3n) is 0.903.